The largest absolute Gasteiger partial charge is 0.385 e. The maximum absolute atomic E-state index is 14.7. The maximum atomic E-state index is 14.7. The van der Waals surface area contributed by atoms with Crippen LogP contribution in [0.25, 0.3) is 5.70 Å². The molecule has 6 nitrogen and oxygen atoms in total. The predicted molar refractivity (Wildman–Crippen MR) is 122 cm³/mol. The van der Waals surface area contributed by atoms with Gasteiger partial charge in [0, 0.05) is 31.0 Å². The summed E-state index contributed by atoms with van der Waals surface area (Å²) in [6.07, 6.45) is 4.00. The van der Waals surface area contributed by atoms with Crippen molar-refractivity contribution in [2.45, 2.75) is 37.9 Å². The summed E-state index contributed by atoms with van der Waals surface area (Å²) in [5, 5.41) is 8.94. The van der Waals surface area contributed by atoms with Crippen LogP contribution in [0.15, 0.2) is 54.0 Å². The number of hydrogen-bond acceptors (Lipinski definition) is 4. The molecule has 3 N–H and O–H groups in total. The number of alkyl halides is 1. The molecule has 1 fully saturated rings. The van der Waals surface area contributed by atoms with Crippen molar-refractivity contribution in [3.8, 4) is 0 Å². The summed E-state index contributed by atoms with van der Waals surface area (Å²) in [5.74, 6) is -0.438. The average molecular weight is 427 g/mol. The molecule has 1 aromatic heterocycles. The van der Waals surface area contributed by atoms with Crippen molar-refractivity contribution in [1.29, 1.82) is 0 Å². The van der Waals surface area contributed by atoms with Crippen molar-refractivity contribution >= 4 is 11.6 Å². The molecule has 0 bridgehead atoms. The Hall–Kier alpha value is -2.93. The standard InChI is InChI=1S/C24H31FN4O2/c1-18(28-12-6-9-24(25)10-13-27-14-11-24)20-15-21(22(30)26-2)23(31)29(17-20)16-19-7-4-3-5-8-19/h3-5,7-8,15,17,27-28H,1,6,9-14,16H2,2H3,(H,26,30). The number of nitrogens with one attached hydrogen (secondary N) is 3. The number of amides is 1. The summed E-state index contributed by atoms with van der Waals surface area (Å²) >= 11 is 0. The van der Waals surface area contributed by atoms with Crippen LogP contribution >= 0.6 is 0 Å². The van der Waals surface area contributed by atoms with Gasteiger partial charge in [-0.2, -0.15) is 0 Å². The lowest BCUT2D eigenvalue weighted by atomic mass is 9.90. The highest BCUT2D eigenvalue weighted by Gasteiger charge is 2.30. The molecule has 3 rings (SSSR count). The van der Waals surface area contributed by atoms with Crippen LogP contribution in [-0.4, -0.2) is 42.8 Å². The molecule has 31 heavy (non-hydrogen) atoms. The molecule has 0 saturated carbocycles. The van der Waals surface area contributed by atoms with Gasteiger partial charge in [0.05, 0.1) is 6.54 Å². The summed E-state index contributed by atoms with van der Waals surface area (Å²) < 4.78 is 16.3. The fourth-order valence-corrected chi connectivity index (χ4v) is 3.87. The van der Waals surface area contributed by atoms with Crippen molar-refractivity contribution < 1.29 is 9.18 Å². The number of pyridine rings is 1. The molecule has 1 aliphatic heterocycles. The third-order valence-electron chi connectivity index (χ3n) is 5.74. The Bertz CT molecular complexity index is 965. The number of hydrogen-bond donors (Lipinski definition) is 3. The van der Waals surface area contributed by atoms with E-state index < -0.39 is 11.6 Å². The number of carbonyl (C=O) groups excluding carboxylic acids is 1. The Morgan fingerprint density at radius 3 is 2.65 bits per heavy atom. The normalized spacial score (nSPS) is 15.3. The smallest absolute Gasteiger partial charge is 0.263 e. The predicted octanol–water partition coefficient (Wildman–Crippen LogP) is 2.69. The first-order valence-corrected chi connectivity index (χ1v) is 10.8. The van der Waals surface area contributed by atoms with Crippen molar-refractivity contribution in [3.63, 3.8) is 0 Å². The van der Waals surface area contributed by atoms with E-state index in [1.165, 1.54) is 11.6 Å². The first-order chi connectivity index (χ1) is 14.9. The second-order valence-electron chi connectivity index (χ2n) is 8.05. The van der Waals surface area contributed by atoms with Gasteiger partial charge in [-0.25, -0.2) is 4.39 Å². The summed E-state index contributed by atoms with van der Waals surface area (Å²) in [7, 11) is 1.50. The number of nitrogens with zero attached hydrogens (tertiary/aromatic N) is 1. The molecule has 2 heterocycles. The van der Waals surface area contributed by atoms with E-state index >= 15 is 0 Å². The van der Waals surface area contributed by atoms with Crippen molar-refractivity contribution in [3.05, 3.63) is 76.2 Å². The summed E-state index contributed by atoms with van der Waals surface area (Å²) in [4.78, 5) is 25.1. The van der Waals surface area contributed by atoms with E-state index in [-0.39, 0.29) is 11.1 Å². The third kappa shape index (κ3) is 6.04. The number of halogens is 1. The molecule has 0 aliphatic carbocycles. The minimum Gasteiger partial charge on any atom is -0.385 e. The number of carbonyl (C=O) groups is 1. The monoisotopic (exact) mass is 426 g/mol. The van der Waals surface area contributed by atoms with Gasteiger partial charge >= 0.3 is 0 Å². The topological polar surface area (TPSA) is 75.2 Å². The molecule has 0 atom stereocenters. The molecule has 0 radical (unpaired) electrons. The van der Waals surface area contributed by atoms with Gasteiger partial charge in [-0.15, -0.1) is 0 Å². The van der Waals surface area contributed by atoms with Crippen molar-refractivity contribution in [2.24, 2.45) is 0 Å². The molecule has 166 valence electrons. The zero-order valence-electron chi connectivity index (χ0n) is 18.0. The third-order valence-corrected chi connectivity index (χ3v) is 5.74. The van der Waals surface area contributed by atoms with E-state index in [4.69, 9.17) is 0 Å². The number of aromatic nitrogens is 1. The average Bonchev–Trinajstić information content (AvgIpc) is 2.78. The van der Waals surface area contributed by atoms with E-state index in [1.807, 2.05) is 30.3 Å². The van der Waals surface area contributed by atoms with E-state index in [0.29, 0.717) is 50.0 Å². The molecule has 1 saturated heterocycles. The van der Waals surface area contributed by atoms with Crippen LogP contribution in [0.3, 0.4) is 0 Å². The summed E-state index contributed by atoms with van der Waals surface area (Å²) in [6, 6.07) is 11.1. The van der Waals surface area contributed by atoms with Gasteiger partial charge in [0.25, 0.3) is 11.5 Å². The van der Waals surface area contributed by atoms with Gasteiger partial charge in [0.2, 0.25) is 0 Å². The lowest BCUT2D eigenvalue weighted by Gasteiger charge is -2.30. The summed E-state index contributed by atoms with van der Waals surface area (Å²) in [5.41, 5.74) is 0.833. The lowest BCUT2D eigenvalue weighted by molar-refractivity contribution is 0.0960. The van der Waals surface area contributed by atoms with Gasteiger partial charge in [0.1, 0.15) is 11.2 Å². The van der Waals surface area contributed by atoms with Crippen LogP contribution in [0.1, 0.15) is 47.2 Å². The van der Waals surface area contributed by atoms with E-state index in [0.717, 1.165) is 18.7 Å². The van der Waals surface area contributed by atoms with Crippen LogP contribution in [0, 0.1) is 0 Å². The Kier molecular flexibility index (Phi) is 7.63. The Morgan fingerprint density at radius 2 is 1.97 bits per heavy atom. The zero-order chi connectivity index (χ0) is 22.3. The van der Waals surface area contributed by atoms with Crippen LogP contribution in [0.4, 0.5) is 4.39 Å². The summed E-state index contributed by atoms with van der Waals surface area (Å²) in [6.45, 7) is 6.44. The molecule has 2 aromatic rings. The van der Waals surface area contributed by atoms with E-state index in [9.17, 15) is 14.0 Å². The van der Waals surface area contributed by atoms with Crippen molar-refractivity contribution in [1.82, 2.24) is 20.5 Å². The molecule has 0 unspecified atom stereocenters. The van der Waals surface area contributed by atoms with Gasteiger partial charge in [-0.05, 0) is 50.4 Å². The van der Waals surface area contributed by atoms with E-state index in [1.54, 1.807) is 12.3 Å². The van der Waals surface area contributed by atoms with E-state index in [2.05, 4.69) is 22.5 Å². The maximum Gasteiger partial charge on any atom is 0.263 e. The molecule has 1 amide bonds. The Labute approximate surface area is 182 Å². The molecular formula is C24H31FN4O2. The first kappa shape index (κ1) is 22.7. The minimum absolute atomic E-state index is 0.0660. The fraction of sp³-hybridized carbons (Fsp3) is 0.417. The molecule has 1 aromatic carbocycles. The van der Waals surface area contributed by atoms with Gasteiger partial charge in [-0.3, -0.25) is 9.59 Å². The molecule has 1 aliphatic rings. The quantitative estimate of drug-likeness (QED) is 0.539. The minimum atomic E-state index is -1.09. The second-order valence-corrected chi connectivity index (χ2v) is 8.05. The van der Waals surface area contributed by atoms with Crippen LogP contribution in [0.5, 0.6) is 0 Å². The number of piperidine rings is 1. The Morgan fingerprint density at radius 1 is 1.26 bits per heavy atom. The highest BCUT2D eigenvalue weighted by atomic mass is 19.1. The van der Waals surface area contributed by atoms with Gasteiger partial charge in [0.15, 0.2) is 0 Å². The highest BCUT2D eigenvalue weighted by molar-refractivity contribution is 5.94. The van der Waals surface area contributed by atoms with Gasteiger partial charge < -0.3 is 20.5 Å². The SMILES string of the molecule is C=C(NCCCC1(F)CCNCC1)c1cc(C(=O)NC)c(=O)n(Cc2ccccc2)c1. The lowest BCUT2D eigenvalue weighted by Crippen LogP contribution is -2.39. The van der Waals surface area contributed by atoms with Crippen molar-refractivity contribution in [2.75, 3.05) is 26.7 Å². The number of benzene rings is 1. The Balaban J connectivity index is 1.71. The number of rotatable bonds is 9. The zero-order valence-corrected chi connectivity index (χ0v) is 18.0. The highest BCUT2D eigenvalue weighted by Crippen LogP contribution is 2.28. The van der Waals surface area contributed by atoms with Crippen LogP contribution in [-0.2, 0) is 6.54 Å². The molecular weight excluding hydrogens is 395 g/mol. The second kappa shape index (κ2) is 10.4. The van der Waals surface area contributed by atoms with Gasteiger partial charge in [-0.1, -0.05) is 36.9 Å². The molecule has 7 heteroatoms. The molecule has 0 spiro atoms. The first-order valence-electron chi connectivity index (χ1n) is 10.8. The van der Waals surface area contributed by atoms with Crippen LogP contribution in [0.2, 0.25) is 0 Å². The van der Waals surface area contributed by atoms with Crippen LogP contribution < -0.4 is 21.5 Å². The fourth-order valence-electron chi connectivity index (χ4n) is 3.87.